The van der Waals surface area contributed by atoms with Crippen LogP contribution in [-0.2, 0) is 30.5 Å². The highest BCUT2D eigenvalue weighted by Gasteiger charge is 2.48. The van der Waals surface area contributed by atoms with Crippen LogP contribution in [0.3, 0.4) is 0 Å². The topological polar surface area (TPSA) is 150 Å². The molecule has 3 saturated heterocycles. The summed E-state index contributed by atoms with van der Waals surface area (Å²) < 4.78 is 10.9. The zero-order valence-electron chi connectivity index (χ0n) is 26.3. The van der Waals surface area contributed by atoms with Crippen molar-refractivity contribution in [3.8, 4) is 0 Å². The van der Waals surface area contributed by atoms with Gasteiger partial charge in [-0.3, -0.25) is 25.3 Å². The van der Waals surface area contributed by atoms with Gasteiger partial charge in [0.1, 0.15) is 23.9 Å². The summed E-state index contributed by atoms with van der Waals surface area (Å²) in [5, 5.41) is 1.34. The first kappa shape index (κ1) is 32.8. The van der Waals surface area contributed by atoms with Gasteiger partial charge in [-0.05, 0) is 59.9 Å². The minimum absolute atomic E-state index is 0.00682. The molecular formula is C30H44N6O8. The predicted octanol–water partition coefficient (Wildman–Crippen LogP) is 2.78. The Labute approximate surface area is 257 Å². The zero-order chi connectivity index (χ0) is 32.2. The molecule has 3 aliphatic rings. The van der Waals surface area contributed by atoms with Crippen molar-refractivity contribution < 1.29 is 38.3 Å². The van der Waals surface area contributed by atoms with Crippen molar-refractivity contribution in [2.45, 2.75) is 96.7 Å². The van der Waals surface area contributed by atoms with E-state index >= 15 is 0 Å². The fourth-order valence-corrected chi connectivity index (χ4v) is 5.16. The SMILES string of the molecule is CC(C)(C)OC(=O)N1CC(N(CCC(=O)NNC(=O)C2CCC3CN2C(=O)N3OCc2ccccc2)C(=O)OC(C)(C)C)C1. The van der Waals surface area contributed by atoms with Gasteiger partial charge in [0.2, 0.25) is 5.91 Å². The molecule has 3 aliphatic heterocycles. The quantitative estimate of drug-likeness (QED) is 0.424. The Bertz CT molecular complexity index is 1220. The minimum atomic E-state index is -0.756. The number of nitrogens with zero attached hydrogens (tertiary/aromatic N) is 4. The molecule has 0 spiro atoms. The van der Waals surface area contributed by atoms with Crippen molar-refractivity contribution in [1.82, 2.24) is 30.6 Å². The van der Waals surface area contributed by atoms with E-state index in [0.29, 0.717) is 19.4 Å². The van der Waals surface area contributed by atoms with Crippen molar-refractivity contribution in [3.63, 3.8) is 0 Å². The fraction of sp³-hybridized carbons (Fsp3) is 0.633. The van der Waals surface area contributed by atoms with Crippen LogP contribution < -0.4 is 10.9 Å². The molecule has 2 unspecified atom stereocenters. The molecule has 3 fully saturated rings. The zero-order valence-corrected chi connectivity index (χ0v) is 26.3. The number of benzene rings is 1. The maximum absolute atomic E-state index is 13.0. The minimum Gasteiger partial charge on any atom is -0.444 e. The average Bonchev–Trinajstić information content (AvgIpc) is 3.14. The van der Waals surface area contributed by atoms with Crippen molar-refractivity contribution in [1.29, 1.82) is 0 Å². The number of nitrogens with one attached hydrogen (secondary N) is 2. The molecule has 2 atom stereocenters. The monoisotopic (exact) mass is 616 g/mol. The van der Waals surface area contributed by atoms with Gasteiger partial charge < -0.3 is 24.2 Å². The second-order valence-corrected chi connectivity index (χ2v) is 13.3. The van der Waals surface area contributed by atoms with E-state index in [1.807, 2.05) is 30.3 Å². The van der Waals surface area contributed by atoms with Gasteiger partial charge in [0.05, 0.1) is 12.1 Å². The summed E-state index contributed by atoms with van der Waals surface area (Å²) in [5.41, 5.74) is 4.35. The van der Waals surface area contributed by atoms with E-state index in [1.54, 1.807) is 41.5 Å². The molecule has 0 aliphatic carbocycles. The van der Waals surface area contributed by atoms with Gasteiger partial charge in [-0.2, -0.15) is 5.06 Å². The second-order valence-electron chi connectivity index (χ2n) is 13.3. The normalized spacial score (nSPS) is 20.1. The number of piperidine rings is 1. The van der Waals surface area contributed by atoms with Crippen LogP contribution >= 0.6 is 0 Å². The maximum atomic E-state index is 13.0. The number of carbonyl (C=O) groups excluding carboxylic acids is 5. The smallest absolute Gasteiger partial charge is 0.410 e. The number of rotatable bonds is 8. The molecule has 4 rings (SSSR count). The van der Waals surface area contributed by atoms with Gasteiger partial charge in [-0.25, -0.2) is 14.4 Å². The highest BCUT2D eigenvalue weighted by atomic mass is 16.7. The average molecular weight is 617 g/mol. The number of carbonyl (C=O) groups is 5. The van der Waals surface area contributed by atoms with Crippen LogP contribution in [0.1, 0.15) is 66.4 Å². The Hall–Kier alpha value is -4.07. The van der Waals surface area contributed by atoms with Gasteiger partial charge in [-0.1, -0.05) is 30.3 Å². The molecule has 1 aromatic carbocycles. The summed E-state index contributed by atoms with van der Waals surface area (Å²) in [6.07, 6.45) is -0.207. The lowest BCUT2D eigenvalue weighted by atomic mass is 10.0. The molecule has 14 heteroatoms. The van der Waals surface area contributed by atoms with E-state index in [2.05, 4.69) is 10.9 Å². The van der Waals surface area contributed by atoms with Gasteiger partial charge >= 0.3 is 18.2 Å². The number of urea groups is 1. The highest BCUT2D eigenvalue weighted by Crippen LogP contribution is 2.30. The lowest BCUT2D eigenvalue weighted by Gasteiger charge is -2.45. The lowest BCUT2D eigenvalue weighted by Crippen LogP contribution is -2.63. The van der Waals surface area contributed by atoms with Crippen LogP contribution in [0, 0.1) is 0 Å². The Morgan fingerprint density at radius 1 is 0.909 bits per heavy atom. The van der Waals surface area contributed by atoms with E-state index in [9.17, 15) is 24.0 Å². The first-order chi connectivity index (χ1) is 20.6. The van der Waals surface area contributed by atoms with Crippen LogP contribution in [0.4, 0.5) is 14.4 Å². The first-order valence-corrected chi connectivity index (χ1v) is 14.9. The van der Waals surface area contributed by atoms with Gasteiger partial charge in [-0.15, -0.1) is 0 Å². The number of likely N-dealkylation sites (tertiary alicyclic amines) is 1. The van der Waals surface area contributed by atoms with Crippen LogP contribution in [0.15, 0.2) is 30.3 Å². The molecule has 0 aromatic heterocycles. The molecule has 2 N–H and O–H groups in total. The Morgan fingerprint density at radius 3 is 2.20 bits per heavy atom. The third-order valence-corrected chi connectivity index (χ3v) is 7.33. The summed E-state index contributed by atoms with van der Waals surface area (Å²) in [4.78, 5) is 74.1. The molecule has 44 heavy (non-hydrogen) atoms. The van der Waals surface area contributed by atoms with E-state index < -0.39 is 41.2 Å². The number of hydrogen-bond acceptors (Lipinski definition) is 8. The number of amides is 6. The van der Waals surface area contributed by atoms with Crippen LogP contribution in [0.25, 0.3) is 0 Å². The molecule has 242 valence electrons. The summed E-state index contributed by atoms with van der Waals surface area (Å²) in [7, 11) is 0. The predicted molar refractivity (Wildman–Crippen MR) is 157 cm³/mol. The highest BCUT2D eigenvalue weighted by molar-refractivity contribution is 5.90. The summed E-state index contributed by atoms with van der Waals surface area (Å²) in [5.74, 6) is -1.03. The van der Waals surface area contributed by atoms with Crippen molar-refractivity contribution in [3.05, 3.63) is 35.9 Å². The summed E-state index contributed by atoms with van der Waals surface area (Å²) in [6.45, 7) is 11.6. The number of hydrogen-bond donors (Lipinski definition) is 2. The maximum Gasteiger partial charge on any atom is 0.410 e. The second kappa shape index (κ2) is 13.3. The summed E-state index contributed by atoms with van der Waals surface area (Å²) >= 11 is 0. The fourth-order valence-electron chi connectivity index (χ4n) is 5.16. The Balaban J connectivity index is 1.25. The molecule has 0 radical (unpaired) electrons. The molecule has 1 aromatic rings. The van der Waals surface area contributed by atoms with E-state index in [4.69, 9.17) is 14.3 Å². The standard InChI is InChI=1S/C30H44N6O8/c1-29(2,3)43-27(40)33-16-22(17-33)34(28(41)44-30(4,5)6)15-14-24(37)31-32-25(38)23-13-12-21-18-35(23)26(39)36(21)42-19-20-10-8-7-9-11-20/h7-11,21-23H,12-19H2,1-6H3,(H,31,37)(H,32,38). The molecule has 0 saturated carbocycles. The van der Waals surface area contributed by atoms with E-state index in [1.165, 1.54) is 19.8 Å². The molecule has 14 nitrogen and oxygen atoms in total. The van der Waals surface area contributed by atoms with Gasteiger partial charge in [0.15, 0.2) is 0 Å². The molecule has 6 amide bonds. The third-order valence-electron chi connectivity index (χ3n) is 7.33. The van der Waals surface area contributed by atoms with E-state index in [0.717, 1.165) is 5.56 Å². The Kier molecular flexibility index (Phi) is 9.91. The first-order valence-electron chi connectivity index (χ1n) is 14.9. The number of fused-ring (bicyclic) bond motifs is 2. The van der Waals surface area contributed by atoms with Crippen molar-refractivity contribution >= 4 is 30.0 Å². The Morgan fingerprint density at radius 2 is 1.57 bits per heavy atom. The number of hydroxylamine groups is 2. The summed E-state index contributed by atoms with van der Waals surface area (Å²) in [6, 6.07) is 7.85. The molecule has 3 heterocycles. The van der Waals surface area contributed by atoms with Crippen LogP contribution in [-0.4, -0.2) is 105 Å². The molecular weight excluding hydrogens is 572 g/mol. The van der Waals surface area contributed by atoms with Crippen LogP contribution in [0.2, 0.25) is 0 Å². The number of ether oxygens (including phenoxy) is 2. The molecule has 2 bridgehead atoms. The van der Waals surface area contributed by atoms with Gasteiger partial charge in [0, 0.05) is 32.6 Å². The van der Waals surface area contributed by atoms with Gasteiger partial charge in [0.25, 0.3) is 5.91 Å². The number of hydrazine groups is 1. The lowest BCUT2D eigenvalue weighted by molar-refractivity contribution is -0.140. The largest absolute Gasteiger partial charge is 0.444 e. The van der Waals surface area contributed by atoms with E-state index in [-0.39, 0.29) is 50.8 Å². The third kappa shape index (κ3) is 8.52. The van der Waals surface area contributed by atoms with Crippen LogP contribution in [0.5, 0.6) is 0 Å². The van der Waals surface area contributed by atoms with Crippen molar-refractivity contribution in [2.24, 2.45) is 0 Å². The van der Waals surface area contributed by atoms with Crippen molar-refractivity contribution in [2.75, 3.05) is 26.2 Å².